The first kappa shape index (κ1) is 22.9. The van der Waals surface area contributed by atoms with Gasteiger partial charge in [0.25, 0.3) is 0 Å². The Morgan fingerprint density at radius 3 is 2.41 bits per heavy atom. The largest absolute Gasteiger partial charge is 0.454 e. The second-order valence-electron chi connectivity index (χ2n) is 6.63. The Kier molecular flexibility index (Phi) is 7.79. The maximum absolute atomic E-state index is 13.0. The third-order valence-electron chi connectivity index (χ3n) is 4.47. The van der Waals surface area contributed by atoms with E-state index in [4.69, 9.17) is 27.3 Å². The van der Waals surface area contributed by atoms with Crippen LogP contribution < -0.4 is 5.73 Å². The normalized spacial score (nSPS) is 16.3. The van der Waals surface area contributed by atoms with Gasteiger partial charge < -0.3 is 10.5 Å². The van der Waals surface area contributed by atoms with Crippen molar-refractivity contribution in [2.24, 2.45) is 5.73 Å². The summed E-state index contributed by atoms with van der Waals surface area (Å²) in [4.78, 5) is 24.0. The monoisotopic (exact) mass is 439 g/mol. The van der Waals surface area contributed by atoms with E-state index in [1.165, 1.54) is 23.4 Å². The zero-order chi connectivity index (χ0) is 21.6. The molecule has 8 nitrogen and oxygen atoms in total. The molecule has 0 radical (unpaired) electrons. The Bertz CT molecular complexity index is 970. The van der Waals surface area contributed by atoms with Crippen LogP contribution in [0.3, 0.4) is 0 Å². The molecule has 0 spiro atoms. The van der Waals surface area contributed by atoms with Crippen LogP contribution in [0, 0.1) is 11.3 Å². The number of esters is 1. The van der Waals surface area contributed by atoms with Gasteiger partial charge in [-0.05, 0) is 38.0 Å². The van der Waals surface area contributed by atoms with Crippen LogP contribution in [0.15, 0.2) is 34.4 Å². The third-order valence-corrected chi connectivity index (χ3v) is 6.85. The number of halogens is 1. The molecular formula is C19H22ClN3O5S. The smallest absolute Gasteiger partial charge is 0.338 e. The van der Waals surface area contributed by atoms with E-state index in [9.17, 15) is 18.0 Å². The van der Waals surface area contributed by atoms with E-state index in [1.807, 2.05) is 0 Å². The van der Waals surface area contributed by atoms with Crippen LogP contribution in [-0.2, 0) is 19.6 Å². The van der Waals surface area contributed by atoms with Crippen molar-refractivity contribution in [3.05, 3.63) is 40.1 Å². The number of allylic oxidation sites excluding steroid dienone is 1. The molecule has 1 heterocycles. The number of sulfonamides is 1. The van der Waals surface area contributed by atoms with Crippen LogP contribution >= 0.6 is 11.6 Å². The fraction of sp³-hybridized carbons (Fsp3) is 0.421. The molecule has 2 rings (SSSR count). The number of nitriles is 1. The highest BCUT2D eigenvalue weighted by Crippen LogP contribution is 2.28. The number of hydrogen-bond donors (Lipinski definition) is 1. The van der Waals surface area contributed by atoms with Gasteiger partial charge in [-0.2, -0.15) is 9.57 Å². The lowest BCUT2D eigenvalue weighted by molar-refractivity contribution is -0.118. The molecule has 1 saturated heterocycles. The first-order valence-electron chi connectivity index (χ1n) is 9.05. The van der Waals surface area contributed by atoms with Crippen molar-refractivity contribution >= 4 is 33.4 Å². The standard InChI is InChI=1S/C19H22ClN3O5S/c1-13(22)15(11-21)17(24)12-28-19(25)14-6-7-16(20)18(10-14)29(26,27)23-8-4-2-3-5-9-23/h6-7,10H,2-5,8-9,12,22H2,1H3/b15-13+. The van der Waals surface area contributed by atoms with Gasteiger partial charge in [0.1, 0.15) is 16.5 Å². The molecule has 1 aromatic carbocycles. The summed E-state index contributed by atoms with van der Waals surface area (Å²) < 4.78 is 32.3. The van der Waals surface area contributed by atoms with E-state index in [0.717, 1.165) is 31.7 Å². The van der Waals surface area contributed by atoms with Crippen LogP contribution in [0.5, 0.6) is 0 Å². The highest BCUT2D eigenvalue weighted by molar-refractivity contribution is 7.89. The fourth-order valence-electron chi connectivity index (χ4n) is 2.91. The molecule has 1 aliphatic heterocycles. The van der Waals surface area contributed by atoms with Crippen LogP contribution in [0.2, 0.25) is 5.02 Å². The summed E-state index contributed by atoms with van der Waals surface area (Å²) in [5, 5.41) is 8.91. The van der Waals surface area contributed by atoms with Gasteiger partial charge in [-0.3, -0.25) is 4.79 Å². The zero-order valence-corrected chi connectivity index (χ0v) is 17.6. The molecule has 0 aliphatic carbocycles. The predicted molar refractivity (Wildman–Crippen MR) is 106 cm³/mol. The summed E-state index contributed by atoms with van der Waals surface area (Å²) in [6, 6.07) is 5.41. The number of ether oxygens (including phenoxy) is 1. The Morgan fingerprint density at radius 2 is 1.86 bits per heavy atom. The first-order chi connectivity index (χ1) is 13.7. The lowest BCUT2D eigenvalue weighted by Gasteiger charge is -2.21. The molecular weight excluding hydrogens is 418 g/mol. The van der Waals surface area contributed by atoms with Gasteiger partial charge >= 0.3 is 5.97 Å². The Morgan fingerprint density at radius 1 is 1.24 bits per heavy atom. The summed E-state index contributed by atoms with van der Waals surface area (Å²) in [7, 11) is -3.87. The average Bonchev–Trinajstić information content (AvgIpc) is 2.96. The van der Waals surface area contributed by atoms with Crippen LogP contribution in [0.25, 0.3) is 0 Å². The Labute approximate surface area is 174 Å². The molecule has 2 N–H and O–H groups in total. The molecule has 1 aliphatic rings. The SMILES string of the molecule is C/C(N)=C(/C#N)C(=O)COC(=O)c1ccc(Cl)c(S(=O)(=O)N2CCCCCC2)c1. The number of nitrogens with two attached hydrogens (primary N) is 1. The van der Waals surface area contributed by atoms with Gasteiger partial charge in [0.15, 0.2) is 6.61 Å². The molecule has 0 aromatic heterocycles. The van der Waals surface area contributed by atoms with E-state index in [1.54, 1.807) is 6.07 Å². The number of benzene rings is 1. The van der Waals surface area contributed by atoms with Crippen molar-refractivity contribution in [1.29, 1.82) is 5.26 Å². The summed E-state index contributed by atoms with van der Waals surface area (Å²) in [6.45, 7) is 1.48. The summed E-state index contributed by atoms with van der Waals surface area (Å²) in [6.07, 6.45) is 3.44. The second kappa shape index (κ2) is 9.87. The minimum atomic E-state index is -3.87. The number of ketones is 1. The summed E-state index contributed by atoms with van der Waals surface area (Å²) >= 11 is 6.10. The first-order valence-corrected chi connectivity index (χ1v) is 10.9. The number of carbonyl (C=O) groups excluding carboxylic acids is 2. The molecule has 0 atom stereocenters. The second-order valence-corrected chi connectivity index (χ2v) is 8.95. The maximum Gasteiger partial charge on any atom is 0.338 e. The summed E-state index contributed by atoms with van der Waals surface area (Å²) in [5.74, 6) is -1.65. The molecule has 156 valence electrons. The third kappa shape index (κ3) is 5.56. The zero-order valence-electron chi connectivity index (χ0n) is 16.0. The van der Waals surface area contributed by atoms with Crippen molar-refractivity contribution in [2.45, 2.75) is 37.5 Å². The van der Waals surface area contributed by atoms with Crippen molar-refractivity contribution < 1.29 is 22.7 Å². The highest BCUT2D eigenvalue weighted by Gasteiger charge is 2.28. The highest BCUT2D eigenvalue weighted by atomic mass is 35.5. The Hall–Kier alpha value is -2.41. The number of carbonyl (C=O) groups is 2. The number of nitrogens with zero attached hydrogens (tertiary/aromatic N) is 2. The maximum atomic E-state index is 13.0. The van der Waals surface area contributed by atoms with E-state index < -0.39 is 28.4 Å². The number of hydrogen-bond acceptors (Lipinski definition) is 7. The van der Waals surface area contributed by atoms with E-state index in [-0.39, 0.29) is 26.8 Å². The molecule has 1 fully saturated rings. The van der Waals surface area contributed by atoms with Crippen LogP contribution in [0.1, 0.15) is 43.0 Å². The molecule has 0 bridgehead atoms. The van der Waals surface area contributed by atoms with E-state index in [0.29, 0.717) is 13.1 Å². The molecule has 29 heavy (non-hydrogen) atoms. The molecule has 1 aromatic rings. The molecule has 0 saturated carbocycles. The minimum absolute atomic E-state index is 0.00432. The lowest BCUT2D eigenvalue weighted by Crippen LogP contribution is -2.32. The average molecular weight is 440 g/mol. The lowest BCUT2D eigenvalue weighted by atomic mass is 10.1. The van der Waals surface area contributed by atoms with Gasteiger partial charge in [-0.1, -0.05) is 24.4 Å². The fourth-order valence-corrected chi connectivity index (χ4v) is 4.92. The van der Waals surface area contributed by atoms with Crippen LogP contribution in [-0.4, -0.2) is 44.2 Å². The molecule has 10 heteroatoms. The van der Waals surface area contributed by atoms with Crippen molar-refractivity contribution in [2.75, 3.05) is 19.7 Å². The minimum Gasteiger partial charge on any atom is -0.454 e. The predicted octanol–water partition coefficient (Wildman–Crippen LogP) is 2.39. The van der Waals surface area contributed by atoms with Crippen molar-refractivity contribution in [3.63, 3.8) is 0 Å². The van der Waals surface area contributed by atoms with Gasteiger partial charge in [0.05, 0.1) is 10.6 Å². The van der Waals surface area contributed by atoms with Gasteiger partial charge in [-0.25, -0.2) is 13.2 Å². The Balaban J connectivity index is 2.22. The van der Waals surface area contributed by atoms with Crippen molar-refractivity contribution in [3.8, 4) is 6.07 Å². The topological polar surface area (TPSA) is 131 Å². The number of Topliss-reactive ketones (excluding diaryl/α,β-unsaturated/α-hetero) is 1. The van der Waals surface area contributed by atoms with Crippen molar-refractivity contribution in [1.82, 2.24) is 4.31 Å². The number of rotatable bonds is 6. The molecule has 0 amide bonds. The molecule has 0 unspecified atom stereocenters. The van der Waals surface area contributed by atoms with Gasteiger partial charge in [-0.15, -0.1) is 0 Å². The van der Waals surface area contributed by atoms with Gasteiger partial charge in [0, 0.05) is 18.8 Å². The summed E-state index contributed by atoms with van der Waals surface area (Å²) in [5.41, 5.74) is 5.10. The van der Waals surface area contributed by atoms with E-state index in [2.05, 4.69) is 0 Å². The quantitative estimate of drug-likeness (QED) is 0.409. The van der Waals surface area contributed by atoms with Crippen LogP contribution in [0.4, 0.5) is 0 Å². The van der Waals surface area contributed by atoms with E-state index >= 15 is 0 Å². The van der Waals surface area contributed by atoms with Gasteiger partial charge in [0.2, 0.25) is 15.8 Å².